The molecule has 1 aromatic heterocycles. The van der Waals surface area contributed by atoms with Gasteiger partial charge in [0.2, 0.25) is 0 Å². The molecule has 0 saturated carbocycles. The lowest BCUT2D eigenvalue weighted by Gasteiger charge is -2.15. The summed E-state index contributed by atoms with van der Waals surface area (Å²) in [5.41, 5.74) is 5.51. The predicted molar refractivity (Wildman–Crippen MR) is 120 cm³/mol. The van der Waals surface area contributed by atoms with Gasteiger partial charge in [-0.15, -0.1) is 11.8 Å². The minimum absolute atomic E-state index is 0.501. The van der Waals surface area contributed by atoms with E-state index in [4.69, 9.17) is 0 Å². The Morgan fingerprint density at radius 3 is 2.22 bits per heavy atom. The van der Waals surface area contributed by atoms with Crippen molar-refractivity contribution >= 4 is 33.6 Å². The topological polar surface area (TPSA) is 4.93 Å². The van der Waals surface area contributed by atoms with Gasteiger partial charge in [-0.3, -0.25) is 0 Å². The number of hydrogen-bond acceptors (Lipinski definition) is 1. The molecule has 0 bridgehead atoms. The van der Waals surface area contributed by atoms with Crippen molar-refractivity contribution in [3.63, 3.8) is 0 Å². The van der Waals surface area contributed by atoms with E-state index in [-0.39, 0.29) is 0 Å². The van der Waals surface area contributed by atoms with Gasteiger partial charge < -0.3 is 4.57 Å². The molecule has 0 saturated heterocycles. The lowest BCUT2D eigenvalue weighted by molar-refractivity contribution is 0.854. The molecule has 0 atom stereocenters. The minimum atomic E-state index is 0.501. The summed E-state index contributed by atoms with van der Waals surface area (Å²) in [6.45, 7) is 10.0. The summed E-state index contributed by atoms with van der Waals surface area (Å²) in [5.74, 6) is 0.501. The van der Waals surface area contributed by atoms with Gasteiger partial charge in [-0.2, -0.15) is 0 Å². The molecule has 138 valence electrons. The average Bonchev–Trinajstić information content (AvgIpc) is 2.97. The van der Waals surface area contributed by atoms with Crippen molar-refractivity contribution in [2.45, 2.75) is 50.3 Å². The molecule has 27 heavy (non-hydrogen) atoms. The van der Waals surface area contributed by atoms with E-state index in [1.54, 1.807) is 0 Å². The molecule has 2 heteroatoms. The fourth-order valence-corrected chi connectivity index (χ4v) is 4.92. The third kappa shape index (κ3) is 3.39. The maximum Gasteiger partial charge on any atom is 0.0635 e. The van der Waals surface area contributed by atoms with Crippen LogP contribution in [0.2, 0.25) is 0 Å². The largest absolute Gasteiger partial charge is 0.335 e. The highest BCUT2D eigenvalue weighted by atomic mass is 32.2. The molecule has 0 aliphatic heterocycles. The van der Waals surface area contributed by atoms with E-state index in [0.717, 1.165) is 6.54 Å². The van der Waals surface area contributed by atoms with Gasteiger partial charge in [0.05, 0.1) is 5.52 Å². The predicted octanol–water partition coefficient (Wildman–Crippen LogP) is 7.47. The molecule has 0 radical (unpaired) electrons. The zero-order valence-corrected chi connectivity index (χ0v) is 17.4. The SMILES string of the molecule is CC(C)Sc1ccc(C(C)C)c2c3ccccc3n(Cc3ccccc3)c12. The van der Waals surface area contributed by atoms with Crippen LogP contribution in [-0.4, -0.2) is 9.82 Å². The fourth-order valence-electron chi connectivity index (χ4n) is 3.94. The van der Waals surface area contributed by atoms with Crippen molar-refractivity contribution in [1.82, 2.24) is 4.57 Å². The molecular weight excluding hydrogens is 346 g/mol. The summed E-state index contributed by atoms with van der Waals surface area (Å²) >= 11 is 1.97. The molecular formula is C25H27NS. The van der Waals surface area contributed by atoms with E-state index in [2.05, 4.69) is 99.0 Å². The Morgan fingerprint density at radius 2 is 1.52 bits per heavy atom. The second kappa shape index (κ2) is 7.44. The smallest absolute Gasteiger partial charge is 0.0635 e. The van der Waals surface area contributed by atoms with Gasteiger partial charge in [0.1, 0.15) is 0 Å². The van der Waals surface area contributed by atoms with Crippen LogP contribution >= 0.6 is 11.8 Å². The Labute approximate surface area is 166 Å². The highest BCUT2D eigenvalue weighted by molar-refractivity contribution is 8.00. The van der Waals surface area contributed by atoms with E-state index in [9.17, 15) is 0 Å². The summed E-state index contributed by atoms with van der Waals surface area (Å²) in [7, 11) is 0. The first-order valence-electron chi connectivity index (χ1n) is 9.80. The molecule has 1 nitrogen and oxygen atoms in total. The van der Waals surface area contributed by atoms with Crippen molar-refractivity contribution in [3.8, 4) is 0 Å². The zero-order chi connectivity index (χ0) is 19.0. The molecule has 0 unspecified atom stereocenters. The van der Waals surface area contributed by atoms with E-state index >= 15 is 0 Å². The van der Waals surface area contributed by atoms with Gasteiger partial charge in [0.25, 0.3) is 0 Å². The van der Waals surface area contributed by atoms with Gasteiger partial charge in [-0.25, -0.2) is 0 Å². The van der Waals surface area contributed by atoms with Crippen LogP contribution in [0.5, 0.6) is 0 Å². The molecule has 0 spiro atoms. The number of rotatable bonds is 5. The van der Waals surface area contributed by atoms with E-state index < -0.39 is 0 Å². The summed E-state index contributed by atoms with van der Waals surface area (Å²) < 4.78 is 2.52. The average molecular weight is 374 g/mol. The molecule has 0 aliphatic carbocycles. The molecule has 1 heterocycles. The first kappa shape index (κ1) is 18.2. The summed E-state index contributed by atoms with van der Waals surface area (Å²) in [6.07, 6.45) is 0. The van der Waals surface area contributed by atoms with Crippen LogP contribution in [0, 0.1) is 0 Å². The molecule has 0 fully saturated rings. The van der Waals surface area contributed by atoms with E-state index in [0.29, 0.717) is 11.2 Å². The minimum Gasteiger partial charge on any atom is -0.335 e. The molecule has 0 amide bonds. The zero-order valence-electron chi connectivity index (χ0n) is 16.6. The first-order valence-corrected chi connectivity index (χ1v) is 10.7. The van der Waals surface area contributed by atoms with Crippen LogP contribution in [0.15, 0.2) is 71.6 Å². The molecule has 0 N–H and O–H groups in total. The van der Waals surface area contributed by atoms with Crippen molar-refractivity contribution in [2.24, 2.45) is 0 Å². The highest BCUT2D eigenvalue weighted by Crippen LogP contribution is 2.41. The lowest BCUT2D eigenvalue weighted by Crippen LogP contribution is -2.01. The van der Waals surface area contributed by atoms with Crippen LogP contribution in [-0.2, 0) is 6.54 Å². The second-order valence-corrected chi connectivity index (χ2v) is 9.41. The lowest BCUT2D eigenvalue weighted by atomic mass is 9.97. The third-order valence-electron chi connectivity index (χ3n) is 5.08. The van der Waals surface area contributed by atoms with Gasteiger partial charge in [0.15, 0.2) is 0 Å². The normalized spacial score (nSPS) is 11.9. The van der Waals surface area contributed by atoms with Gasteiger partial charge >= 0.3 is 0 Å². The monoisotopic (exact) mass is 373 g/mol. The molecule has 3 aromatic carbocycles. The standard InChI is InChI=1S/C25H27NS/c1-17(2)20-14-15-23(27-18(3)4)25-24(20)21-12-8-9-13-22(21)26(25)16-19-10-6-5-7-11-19/h5-15,17-18H,16H2,1-4H3. The molecule has 0 aliphatic rings. The second-order valence-electron chi connectivity index (χ2n) is 7.79. The highest BCUT2D eigenvalue weighted by Gasteiger charge is 2.19. The molecule has 4 rings (SSSR count). The van der Waals surface area contributed by atoms with Gasteiger partial charge in [0, 0.05) is 33.0 Å². The molecule has 4 aromatic rings. The van der Waals surface area contributed by atoms with Crippen LogP contribution in [0.3, 0.4) is 0 Å². The summed E-state index contributed by atoms with van der Waals surface area (Å²) in [5, 5.41) is 3.36. The summed E-state index contributed by atoms with van der Waals surface area (Å²) in [6, 6.07) is 24.4. The van der Waals surface area contributed by atoms with E-state index in [1.165, 1.54) is 37.8 Å². The Hall–Kier alpha value is -2.19. The number of thioether (sulfide) groups is 1. The van der Waals surface area contributed by atoms with Crippen LogP contribution < -0.4 is 0 Å². The maximum atomic E-state index is 2.52. The number of aromatic nitrogens is 1. The first-order chi connectivity index (χ1) is 13.1. The Bertz CT molecular complexity index is 1070. The Morgan fingerprint density at radius 1 is 0.815 bits per heavy atom. The number of para-hydroxylation sites is 1. The van der Waals surface area contributed by atoms with Crippen molar-refractivity contribution < 1.29 is 0 Å². The quantitative estimate of drug-likeness (QED) is 0.328. The van der Waals surface area contributed by atoms with Gasteiger partial charge in [-0.1, -0.05) is 82.3 Å². The van der Waals surface area contributed by atoms with Gasteiger partial charge in [-0.05, 0) is 29.2 Å². The number of fused-ring (bicyclic) bond motifs is 3. The van der Waals surface area contributed by atoms with Crippen LogP contribution in [0.4, 0.5) is 0 Å². The van der Waals surface area contributed by atoms with Crippen molar-refractivity contribution in [3.05, 3.63) is 77.9 Å². The number of hydrogen-bond donors (Lipinski definition) is 0. The summed E-state index contributed by atoms with van der Waals surface area (Å²) in [4.78, 5) is 1.39. The third-order valence-corrected chi connectivity index (χ3v) is 6.13. The van der Waals surface area contributed by atoms with Crippen molar-refractivity contribution in [1.29, 1.82) is 0 Å². The van der Waals surface area contributed by atoms with Crippen LogP contribution in [0.25, 0.3) is 21.8 Å². The maximum absolute atomic E-state index is 2.52. The number of benzene rings is 3. The van der Waals surface area contributed by atoms with Crippen molar-refractivity contribution in [2.75, 3.05) is 0 Å². The number of nitrogens with zero attached hydrogens (tertiary/aromatic N) is 1. The Balaban J connectivity index is 2.08. The van der Waals surface area contributed by atoms with E-state index in [1.807, 2.05) is 11.8 Å². The Kier molecular flexibility index (Phi) is 5.01. The fraction of sp³-hybridized carbons (Fsp3) is 0.280. The van der Waals surface area contributed by atoms with Crippen LogP contribution in [0.1, 0.15) is 44.7 Å².